The number of hydrogen-bond acceptors (Lipinski definition) is 4. The Morgan fingerprint density at radius 1 is 1.11 bits per heavy atom. The Morgan fingerprint density at radius 2 is 1.79 bits per heavy atom. The molecule has 2 N–H and O–H groups in total. The van der Waals surface area contributed by atoms with Crippen molar-refractivity contribution >= 4 is 21.9 Å². The van der Waals surface area contributed by atoms with Crippen molar-refractivity contribution < 1.29 is 0 Å². The van der Waals surface area contributed by atoms with Gasteiger partial charge in [0.25, 0.3) is 0 Å². The first kappa shape index (κ1) is 13.9. The SMILES string of the molecule is CC(C)(C)c1nc(N)nc(Cc2ccccc2Br)n1. The van der Waals surface area contributed by atoms with E-state index in [0.29, 0.717) is 12.2 Å². The lowest BCUT2D eigenvalue weighted by atomic mass is 9.96. The molecule has 5 heteroatoms. The van der Waals surface area contributed by atoms with E-state index in [-0.39, 0.29) is 11.4 Å². The number of aromatic nitrogens is 3. The van der Waals surface area contributed by atoms with Crippen LogP contribution in [0.4, 0.5) is 5.95 Å². The van der Waals surface area contributed by atoms with Gasteiger partial charge in [0.1, 0.15) is 11.6 Å². The summed E-state index contributed by atoms with van der Waals surface area (Å²) in [5, 5.41) is 0. The Morgan fingerprint density at radius 3 is 2.42 bits per heavy atom. The Hall–Kier alpha value is -1.49. The third-order valence-corrected chi connectivity index (χ3v) is 3.45. The van der Waals surface area contributed by atoms with Crippen LogP contribution in [0.1, 0.15) is 38.0 Å². The fourth-order valence-corrected chi connectivity index (χ4v) is 2.09. The zero-order chi connectivity index (χ0) is 14.0. The van der Waals surface area contributed by atoms with Crippen molar-refractivity contribution in [3.63, 3.8) is 0 Å². The lowest BCUT2D eigenvalue weighted by Crippen LogP contribution is -2.19. The van der Waals surface area contributed by atoms with E-state index in [0.717, 1.165) is 15.9 Å². The molecule has 0 saturated heterocycles. The van der Waals surface area contributed by atoms with Crippen LogP contribution >= 0.6 is 15.9 Å². The molecule has 0 aliphatic heterocycles. The molecule has 1 aromatic heterocycles. The van der Waals surface area contributed by atoms with Crippen LogP contribution in [0.3, 0.4) is 0 Å². The molecule has 0 spiro atoms. The molecule has 0 amide bonds. The number of hydrogen-bond donors (Lipinski definition) is 1. The number of anilines is 1. The molecule has 0 unspecified atom stereocenters. The first-order valence-corrected chi connectivity index (χ1v) is 6.90. The predicted octanol–water partition coefficient (Wildman–Crippen LogP) is 3.10. The summed E-state index contributed by atoms with van der Waals surface area (Å²) >= 11 is 3.53. The van der Waals surface area contributed by atoms with Crippen molar-refractivity contribution in [2.75, 3.05) is 5.73 Å². The maximum atomic E-state index is 5.77. The fourth-order valence-electron chi connectivity index (χ4n) is 1.66. The van der Waals surface area contributed by atoms with Crippen LogP contribution in [0.5, 0.6) is 0 Å². The van der Waals surface area contributed by atoms with E-state index in [4.69, 9.17) is 5.73 Å². The molecule has 1 aromatic carbocycles. The van der Waals surface area contributed by atoms with Crippen LogP contribution in [-0.2, 0) is 11.8 Å². The number of halogens is 1. The maximum absolute atomic E-state index is 5.77. The van der Waals surface area contributed by atoms with Crippen LogP contribution < -0.4 is 5.73 Å². The molecule has 0 aliphatic rings. The maximum Gasteiger partial charge on any atom is 0.223 e. The monoisotopic (exact) mass is 320 g/mol. The normalized spacial score (nSPS) is 11.6. The molecule has 0 fully saturated rings. The highest BCUT2D eigenvalue weighted by molar-refractivity contribution is 9.10. The molecule has 0 radical (unpaired) electrons. The summed E-state index contributed by atoms with van der Waals surface area (Å²) in [5.74, 6) is 1.70. The highest BCUT2D eigenvalue weighted by atomic mass is 79.9. The second-order valence-corrected chi connectivity index (χ2v) is 6.31. The zero-order valence-electron chi connectivity index (χ0n) is 11.3. The first-order valence-electron chi connectivity index (χ1n) is 6.10. The van der Waals surface area contributed by atoms with E-state index < -0.39 is 0 Å². The van der Waals surface area contributed by atoms with Gasteiger partial charge in [0, 0.05) is 16.3 Å². The minimum atomic E-state index is -0.139. The van der Waals surface area contributed by atoms with Gasteiger partial charge in [-0.25, -0.2) is 4.98 Å². The smallest absolute Gasteiger partial charge is 0.223 e. The molecule has 1 heterocycles. The topological polar surface area (TPSA) is 64.7 Å². The van der Waals surface area contributed by atoms with Gasteiger partial charge in [-0.3, -0.25) is 0 Å². The van der Waals surface area contributed by atoms with E-state index in [1.807, 2.05) is 24.3 Å². The van der Waals surface area contributed by atoms with Crippen LogP contribution in [0.2, 0.25) is 0 Å². The summed E-state index contributed by atoms with van der Waals surface area (Å²) in [5.41, 5.74) is 6.77. The number of nitrogen functional groups attached to an aromatic ring is 1. The average molecular weight is 321 g/mol. The van der Waals surface area contributed by atoms with Crippen molar-refractivity contribution in [2.45, 2.75) is 32.6 Å². The summed E-state index contributed by atoms with van der Waals surface area (Å²) in [6.45, 7) is 6.18. The Bertz CT molecular complexity index is 590. The van der Waals surface area contributed by atoms with Gasteiger partial charge in [0.15, 0.2) is 0 Å². The zero-order valence-corrected chi connectivity index (χ0v) is 12.9. The highest BCUT2D eigenvalue weighted by Crippen LogP contribution is 2.21. The van der Waals surface area contributed by atoms with Gasteiger partial charge in [-0.2, -0.15) is 9.97 Å². The lowest BCUT2D eigenvalue weighted by molar-refractivity contribution is 0.538. The van der Waals surface area contributed by atoms with Crippen molar-refractivity contribution in [3.8, 4) is 0 Å². The van der Waals surface area contributed by atoms with Gasteiger partial charge in [-0.15, -0.1) is 0 Å². The summed E-state index contributed by atoms with van der Waals surface area (Å²) in [6, 6.07) is 8.02. The standard InChI is InChI=1S/C14H17BrN4/c1-14(2,3)12-17-11(18-13(16)19-12)8-9-6-4-5-7-10(9)15/h4-7H,8H2,1-3H3,(H2,16,17,18,19). The molecule has 0 saturated carbocycles. The van der Waals surface area contributed by atoms with Crippen molar-refractivity contribution in [2.24, 2.45) is 0 Å². The highest BCUT2D eigenvalue weighted by Gasteiger charge is 2.19. The van der Waals surface area contributed by atoms with Crippen LogP contribution in [0.25, 0.3) is 0 Å². The molecular formula is C14H17BrN4. The molecule has 2 rings (SSSR count). The molecule has 100 valence electrons. The van der Waals surface area contributed by atoms with Gasteiger partial charge >= 0.3 is 0 Å². The quantitative estimate of drug-likeness (QED) is 0.923. The second kappa shape index (κ2) is 5.25. The van der Waals surface area contributed by atoms with E-state index in [9.17, 15) is 0 Å². The van der Waals surface area contributed by atoms with Gasteiger partial charge in [-0.1, -0.05) is 54.9 Å². The third kappa shape index (κ3) is 3.50. The van der Waals surface area contributed by atoms with Gasteiger partial charge in [0.2, 0.25) is 5.95 Å². The number of nitrogens with two attached hydrogens (primary N) is 1. The Balaban J connectivity index is 2.36. The Kier molecular flexibility index (Phi) is 3.85. The predicted molar refractivity (Wildman–Crippen MR) is 79.9 cm³/mol. The molecule has 4 nitrogen and oxygen atoms in total. The van der Waals surface area contributed by atoms with Crippen LogP contribution in [-0.4, -0.2) is 15.0 Å². The summed E-state index contributed by atoms with van der Waals surface area (Å²) in [7, 11) is 0. The number of rotatable bonds is 2. The summed E-state index contributed by atoms with van der Waals surface area (Å²) < 4.78 is 1.05. The fraction of sp³-hybridized carbons (Fsp3) is 0.357. The molecule has 0 atom stereocenters. The molecule has 2 aromatic rings. The Labute approximate surface area is 121 Å². The second-order valence-electron chi connectivity index (χ2n) is 5.45. The van der Waals surface area contributed by atoms with Crippen molar-refractivity contribution in [1.29, 1.82) is 0 Å². The molecule has 0 bridgehead atoms. The minimum absolute atomic E-state index is 0.139. The largest absolute Gasteiger partial charge is 0.368 e. The molecule has 19 heavy (non-hydrogen) atoms. The van der Waals surface area contributed by atoms with Crippen molar-refractivity contribution in [3.05, 3.63) is 46.0 Å². The van der Waals surface area contributed by atoms with Gasteiger partial charge < -0.3 is 5.73 Å². The van der Waals surface area contributed by atoms with Crippen LogP contribution in [0, 0.1) is 0 Å². The summed E-state index contributed by atoms with van der Waals surface area (Å²) in [6.07, 6.45) is 0.636. The molecular weight excluding hydrogens is 304 g/mol. The third-order valence-electron chi connectivity index (χ3n) is 2.68. The van der Waals surface area contributed by atoms with E-state index in [2.05, 4.69) is 51.7 Å². The van der Waals surface area contributed by atoms with E-state index >= 15 is 0 Å². The summed E-state index contributed by atoms with van der Waals surface area (Å²) in [4.78, 5) is 12.9. The molecule has 0 aliphatic carbocycles. The first-order chi connectivity index (χ1) is 8.86. The van der Waals surface area contributed by atoms with E-state index in [1.165, 1.54) is 0 Å². The van der Waals surface area contributed by atoms with Gasteiger partial charge in [-0.05, 0) is 11.6 Å². The van der Waals surface area contributed by atoms with E-state index in [1.54, 1.807) is 0 Å². The van der Waals surface area contributed by atoms with Crippen LogP contribution in [0.15, 0.2) is 28.7 Å². The van der Waals surface area contributed by atoms with Gasteiger partial charge in [0.05, 0.1) is 0 Å². The number of benzene rings is 1. The van der Waals surface area contributed by atoms with Crippen molar-refractivity contribution in [1.82, 2.24) is 15.0 Å². The lowest BCUT2D eigenvalue weighted by Gasteiger charge is -2.17. The average Bonchev–Trinajstić information content (AvgIpc) is 2.30. The number of nitrogens with zero attached hydrogens (tertiary/aromatic N) is 3. The minimum Gasteiger partial charge on any atom is -0.368 e.